The first-order chi connectivity index (χ1) is 4.31. The van der Waals surface area contributed by atoms with Crippen molar-refractivity contribution in [3.8, 4) is 12.3 Å². The summed E-state index contributed by atoms with van der Waals surface area (Å²) in [6, 6.07) is 0. The van der Waals surface area contributed by atoms with Crippen molar-refractivity contribution in [1.29, 1.82) is 0 Å². The van der Waals surface area contributed by atoms with Crippen LogP contribution in [0.15, 0.2) is 24.3 Å². The molecule has 0 nitrogen and oxygen atoms in total. The lowest BCUT2D eigenvalue weighted by Crippen LogP contribution is -1.72. The van der Waals surface area contributed by atoms with Gasteiger partial charge in [-0.15, -0.1) is 6.42 Å². The lowest BCUT2D eigenvalue weighted by molar-refractivity contribution is 1.02. The summed E-state index contributed by atoms with van der Waals surface area (Å²) in [4.78, 5) is 0. The predicted octanol–water partition coefficient (Wildman–Crippen LogP) is 2.53. The normalized spacial score (nSPS) is 9.33. The SMILES string of the molecule is C#CC(=C)CCC=CC. The van der Waals surface area contributed by atoms with Crippen molar-refractivity contribution in [3.05, 3.63) is 24.3 Å². The average Bonchev–Trinajstić information content (AvgIpc) is 1.89. The fourth-order valence-corrected chi connectivity index (χ4v) is 0.496. The molecule has 0 aliphatic carbocycles. The quantitative estimate of drug-likeness (QED) is 0.396. The highest BCUT2D eigenvalue weighted by Gasteiger charge is 1.83. The Morgan fingerprint density at radius 2 is 2.44 bits per heavy atom. The first-order valence-electron chi connectivity index (χ1n) is 3.06. The van der Waals surface area contributed by atoms with Crippen LogP contribution in [-0.2, 0) is 0 Å². The molecule has 0 rings (SSSR count). The molecule has 0 N–H and O–H groups in total. The zero-order chi connectivity index (χ0) is 7.11. The molecule has 0 fully saturated rings. The Hall–Kier alpha value is -0.960. The van der Waals surface area contributed by atoms with Crippen LogP contribution in [0.1, 0.15) is 19.8 Å². The number of hydrogen-bond acceptors (Lipinski definition) is 0. The zero-order valence-electron chi connectivity index (χ0n) is 5.85. The fourth-order valence-electron chi connectivity index (χ4n) is 0.496. The van der Waals surface area contributed by atoms with Gasteiger partial charge in [-0.25, -0.2) is 0 Å². The van der Waals surface area contributed by atoms with Gasteiger partial charge >= 0.3 is 0 Å². The van der Waals surface area contributed by atoms with Crippen LogP contribution in [0, 0.1) is 12.3 Å². The molecule has 0 aromatic carbocycles. The Bertz CT molecular complexity index is 144. The Kier molecular flexibility index (Phi) is 4.63. The van der Waals surface area contributed by atoms with Crippen LogP contribution in [0.5, 0.6) is 0 Å². The molecular weight excluding hydrogens is 108 g/mol. The van der Waals surface area contributed by atoms with Crippen LogP contribution in [0.3, 0.4) is 0 Å². The zero-order valence-corrected chi connectivity index (χ0v) is 5.85. The molecule has 0 radical (unpaired) electrons. The molecule has 0 aromatic heterocycles. The molecule has 0 aliphatic rings. The number of allylic oxidation sites excluding steroid dienone is 3. The summed E-state index contributed by atoms with van der Waals surface area (Å²) in [5.74, 6) is 2.50. The van der Waals surface area contributed by atoms with E-state index >= 15 is 0 Å². The predicted molar refractivity (Wildman–Crippen MR) is 42.0 cm³/mol. The molecule has 0 atom stereocenters. The molecule has 48 valence electrons. The second-order valence-corrected chi connectivity index (χ2v) is 1.86. The second kappa shape index (κ2) is 5.18. The smallest absolute Gasteiger partial charge is 0.00511 e. The van der Waals surface area contributed by atoms with Crippen LogP contribution >= 0.6 is 0 Å². The van der Waals surface area contributed by atoms with Crippen LogP contribution < -0.4 is 0 Å². The van der Waals surface area contributed by atoms with Crippen molar-refractivity contribution < 1.29 is 0 Å². The Balaban J connectivity index is 3.31. The van der Waals surface area contributed by atoms with E-state index < -0.39 is 0 Å². The van der Waals surface area contributed by atoms with E-state index in [1.165, 1.54) is 0 Å². The maximum atomic E-state index is 5.08. The summed E-state index contributed by atoms with van der Waals surface area (Å²) in [6.07, 6.45) is 11.1. The first-order valence-corrected chi connectivity index (χ1v) is 3.06. The minimum absolute atomic E-state index is 0.883. The van der Waals surface area contributed by atoms with Crippen LogP contribution in [0.4, 0.5) is 0 Å². The molecule has 0 heteroatoms. The summed E-state index contributed by atoms with van der Waals surface area (Å²) >= 11 is 0. The topological polar surface area (TPSA) is 0 Å². The summed E-state index contributed by atoms with van der Waals surface area (Å²) in [5, 5.41) is 0. The molecule has 0 bridgehead atoms. The third kappa shape index (κ3) is 4.90. The monoisotopic (exact) mass is 120 g/mol. The molecule has 9 heavy (non-hydrogen) atoms. The lowest BCUT2D eigenvalue weighted by Gasteiger charge is -1.89. The van der Waals surface area contributed by atoms with Crippen LogP contribution in [-0.4, -0.2) is 0 Å². The van der Waals surface area contributed by atoms with Gasteiger partial charge < -0.3 is 0 Å². The van der Waals surface area contributed by atoms with E-state index in [4.69, 9.17) is 6.42 Å². The molecule has 0 saturated heterocycles. The van der Waals surface area contributed by atoms with Gasteiger partial charge in [-0.3, -0.25) is 0 Å². The molecule has 0 saturated carbocycles. The number of terminal acetylenes is 1. The molecule has 0 spiro atoms. The third-order valence-electron chi connectivity index (χ3n) is 1.05. The maximum absolute atomic E-state index is 5.08. The van der Waals surface area contributed by atoms with Gasteiger partial charge in [0.15, 0.2) is 0 Å². The van der Waals surface area contributed by atoms with Gasteiger partial charge in [-0.1, -0.05) is 24.7 Å². The molecular formula is C9H12. The van der Waals surface area contributed by atoms with Crippen molar-refractivity contribution in [2.24, 2.45) is 0 Å². The van der Waals surface area contributed by atoms with Gasteiger partial charge in [-0.2, -0.15) is 0 Å². The first kappa shape index (κ1) is 8.04. The van der Waals surface area contributed by atoms with Gasteiger partial charge in [0.05, 0.1) is 0 Å². The lowest BCUT2D eigenvalue weighted by atomic mass is 10.2. The van der Waals surface area contributed by atoms with Crippen molar-refractivity contribution >= 4 is 0 Å². The van der Waals surface area contributed by atoms with Crippen LogP contribution in [0.2, 0.25) is 0 Å². The Labute approximate surface area is 57.3 Å². The van der Waals surface area contributed by atoms with E-state index in [9.17, 15) is 0 Å². The van der Waals surface area contributed by atoms with E-state index in [0.29, 0.717) is 0 Å². The minimum Gasteiger partial charge on any atom is -0.115 e. The van der Waals surface area contributed by atoms with Crippen molar-refractivity contribution in [2.75, 3.05) is 0 Å². The van der Waals surface area contributed by atoms with E-state index in [-0.39, 0.29) is 0 Å². The maximum Gasteiger partial charge on any atom is -0.00511 e. The minimum atomic E-state index is 0.883. The standard InChI is InChI=1S/C9H12/c1-4-6-7-8-9(3)5-2/h2,4,6H,3,7-8H2,1H3. The van der Waals surface area contributed by atoms with Crippen molar-refractivity contribution in [2.45, 2.75) is 19.8 Å². The van der Waals surface area contributed by atoms with Crippen LogP contribution in [0.25, 0.3) is 0 Å². The van der Waals surface area contributed by atoms with Gasteiger partial charge in [0.25, 0.3) is 0 Å². The fraction of sp³-hybridized carbons (Fsp3) is 0.333. The largest absolute Gasteiger partial charge is 0.115 e. The molecule has 0 amide bonds. The third-order valence-corrected chi connectivity index (χ3v) is 1.05. The highest BCUT2D eigenvalue weighted by Crippen LogP contribution is 2.00. The number of rotatable bonds is 3. The second-order valence-electron chi connectivity index (χ2n) is 1.86. The van der Waals surface area contributed by atoms with E-state index in [0.717, 1.165) is 18.4 Å². The highest BCUT2D eigenvalue weighted by atomic mass is 13.9. The van der Waals surface area contributed by atoms with Gasteiger partial charge in [0, 0.05) is 0 Å². The van der Waals surface area contributed by atoms with Crippen molar-refractivity contribution in [3.63, 3.8) is 0 Å². The number of hydrogen-bond donors (Lipinski definition) is 0. The van der Waals surface area contributed by atoms with Crippen molar-refractivity contribution in [1.82, 2.24) is 0 Å². The summed E-state index contributed by atoms with van der Waals surface area (Å²) < 4.78 is 0. The molecule has 0 heterocycles. The molecule has 0 aliphatic heterocycles. The Morgan fingerprint density at radius 3 is 2.89 bits per heavy atom. The van der Waals surface area contributed by atoms with E-state index in [1.54, 1.807) is 0 Å². The average molecular weight is 120 g/mol. The molecule has 0 aromatic rings. The highest BCUT2D eigenvalue weighted by molar-refractivity contribution is 5.21. The summed E-state index contributed by atoms with van der Waals surface area (Å²) in [7, 11) is 0. The van der Waals surface area contributed by atoms with Gasteiger partial charge in [0.1, 0.15) is 0 Å². The van der Waals surface area contributed by atoms with E-state index in [1.807, 2.05) is 13.0 Å². The summed E-state index contributed by atoms with van der Waals surface area (Å²) in [5.41, 5.74) is 0.883. The Morgan fingerprint density at radius 1 is 1.78 bits per heavy atom. The molecule has 0 unspecified atom stereocenters. The van der Waals surface area contributed by atoms with E-state index in [2.05, 4.69) is 18.6 Å². The summed E-state index contributed by atoms with van der Waals surface area (Å²) in [6.45, 7) is 5.67. The van der Waals surface area contributed by atoms with Gasteiger partial charge in [0.2, 0.25) is 0 Å². The van der Waals surface area contributed by atoms with Gasteiger partial charge in [-0.05, 0) is 25.3 Å².